The number of hydrogen-bond acceptors (Lipinski definition) is 4. The molecule has 0 rings (SSSR count). The van der Waals surface area contributed by atoms with Crippen molar-refractivity contribution in [1.29, 1.82) is 0 Å². The van der Waals surface area contributed by atoms with Gasteiger partial charge >= 0.3 is 12.0 Å². The molecule has 0 fully saturated rings. The zero-order valence-corrected chi connectivity index (χ0v) is 12.5. The predicted octanol–water partition coefficient (Wildman–Crippen LogP) is 0.982. The summed E-state index contributed by atoms with van der Waals surface area (Å²) < 4.78 is 10.1. The number of carbonyl (C=O) groups is 2. The van der Waals surface area contributed by atoms with Gasteiger partial charge in [-0.15, -0.1) is 0 Å². The molecule has 2 amide bonds. The number of rotatable bonds is 11. The van der Waals surface area contributed by atoms with Gasteiger partial charge in [0.15, 0.2) is 0 Å². The summed E-state index contributed by atoms with van der Waals surface area (Å²) in [5.41, 5.74) is -1.23. The molecule has 0 aromatic carbocycles. The van der Waals surface area contributed by atoms with Crippen LogP contribution in [0.4, 0.5) is 4.79 Å². The number of methoxy groups -OCH3 is 1. The third kappa shape index (κ3) is 7.96. The molecule has 7 heteroatoms. The topological polar surface area (TPSA) is 96.9 Å². The molecule has 0 spiro atoms. The van der Waals surface area contributed by atoms with Gasteiger partial charge in [0.25, 0.3) is 0 Å². The maximum Gasteiger partial charge on any atom is 0.329 e. The van der Waals surface area contributed by atoms with Gasteiger partial charge in [-0.05, 0) is 26.2 Å². The smallest absolute Gasteiger partial charge is 0.329 e. The average Bonchev–Trinajstić information content (AvgIpc) is 2.41. The minimum atomic E-state index is -1.23. The molecule has 0 saturated heterocycles. The summed E-state index contributed by atoms with van der Waals surface area (Å²) in [7, 11) is 1.62. The Bertz CT molecular complexity index is 298. The molecule has 118 valence electrons. The normalized spacial score (nSPS) is 13.6. The second-order valence-corrected chi connectivity index (χ2v) is 4.68. The van der Waals surface area contributed by atoms with Crippen molar-refractivity contribution in [2.24, 2.45) is 0 Å². The maximum absolute atomic E-state index is 11.6. The minimum absolute atomic E-state index is 0.323. The van der Waals surface area contributed by atoms with Crippen molar-refractivity contribution < 1.29 is 24.2 Å². The van der Waals surface area contributed by atoms with Crippen molar-refractivity contribution in [3.8, 4) is 0 Å². The molecule has 0 saturated carbocycles. The molecule has 1 unspecified atom stereocenters. The van der Waals surface area contributed by atoms with Gasteiger partial charge in [-0.1, -0.05) is 6.92 Å². The fourth-order valence-corrected chi connectivity index (χ4v) is 1.36. The lowest BCUT2D eigenvalue weighted by molar-refractivity contribution is -0.143. The van der Waals surface area contributed by atoms with Gasteiger partial charge in [0, 0.05) is 20.3 Å². The second-order valence-electron chi connectivity index (χ2n) is 4.68. The summed E-state index contributed by atoms with van der Waals surface area (Å²) in [6.07, 6.45) is 1.92. The molecule has 0 heterocycles. The Labute approximate surface area is 120 Å². The van der Waals surface area contributed by atoms with E-state index in [0.29, 0.717) is 32.8 Å². The third-order valence-corrected chi connectivity index (χ3v) is 3.00. The van der Waals surface area contributed by atoms with Crippen molar-refractivity contribution in [2.75, 3.05) is 33.5 Å². The molecule has 7 nitrogen and oxygen atoms in total. The van der Waals surface area contributed by atoms with E-state index in [-0.39, 0.29) is 0 Å². The Hall–Kier alpha value is -1.34. The van der Waals surface area contributed by atoms with Crippen LogP contribution in [0.25, 0.3) is 0 Å². The van der Waals surface area contributed by atoms with E-state index in [1.165, 1.54) is 6.92 Å². The zero-order valence-electron chi connectivity index (χ0n) is 12.5. The van der Waals surface area contributed by atoms with Gasteiger partial charge in [0.2, 0.25) is 0 Å². The van der Waals surface area contributed by atoms with Crippen molar-refractivity contribution in [3.05, 3.63) is 0 Å². The summed E-state index contributed by atoms with van der Waals surface area (Å²) in [5.74, 6) is -1.04. The van der Waals surface area contributed by atoms with Crippen LogP contribution in [0.1, 0.15) is 33.1 Å². The summed E-state index contributed by atoms with van der Waals surface area (Å²) in [6.45, 7) is 5.45. The van der Waals surface area contributed by atoms with E-state index in [0.717, 1.165) is 12.8 Å². The molecule has 0 aliphatic heterocycles. The Morgan fingerprint density at radius 1 is 1.20 bits per heavy atom. The highest BCUT2D eigenvalue weighted by atomic mass is 16.5. The molecular weight excluding hydrogens is 264 g/mol. The first-order valence-corrected chi connectivity index (χ1v) is 6.82. The standard InChI is InChI=1S/C13H26N2O5/c1-4-13(2,11(16)17)15-12(18)14-7-5-6-8-20-10-9-19-3/h4-10H2,1-3H3,(H,16,17)(H2,14,15,18). The molecule has 0 aliphatic carbocycles. The molecular formula is C13H26N2O5. The van der Waals surface area contributed by atoms with E-state index < -0.39 is 17.5 Å². The Morgan fingerprint density at radius 2 is 1.90 bits per heavy atom. The first-order valence-electron chi connectivity index (χ1n) is 6.82. The summed E-state index contributed by atoms with van der Waals surface area (Å²) >= 11 is 0. The lowest BCUT2D eigenvalue weighted by Gasteiger charge is -2.24. The first-order chi connectivity index (χ1) is 9.46. The predicted molar refractivity (Wildman–Crippen MR) is 74.8 cm³/mol. The Kier molecular flexibility index (Phi) is 9.75. The highest BCUT2D eigenvalue weighted by Crippen LogP contribution is 2.08. The highest BCUT2D eigenvalue weighted by molar-refractivity contribution is 5.85. The number of hydrogen-bond donors (Lipinski definition) is 3. The fourth-order valence-electron chi connectivity index (χ4n) is 1.36. The quantitative estimate of drug-likeness (QED) is 0.493. The minimum Gasteiger partial charge on any atom is -0.480 e. The SMILES string of the molecule is CCC(C)(NC(=O)NCCCCOCCOC)C(=O)O. The van der Waals surface area contributed by atoms with Gasteiger partial charge in [-0.3, -0.25) is 0 Å². The van der Waals surface area contributed by atoms with Crippen molar-refractivity contribution in [1.82, 2.24) is 10.6 Å². The van der Waals surface area contributed by atoms with Crippen LogP contribution in [-0.4, -0.2) is 56.1 Å². The molecule has 0 aromatic rings. The van der Waals surface area contributed by atoms with Crippen LogP contribution in [0.15, 0.2) is 0 Å². The molecule has 20 heavy (non-hydrogen) atoms. The summed E-state index contributed by atoms with van der Waals surface area (Å²) in [5, 5.41) is 14.1. The van der Waals surface area contributed by atoms with Gasteiger partial charge < -0.3 is 25.2 Å². The zero-order chi connectivity index (χ0) is 15.4. The second kappa shape index (κ2) is 10.4. The largest absolute Gasteiger partial charge is 0.480 e. The van der Waals surface area contributed by atoms with E-state index in [4.69, 9.17) is 14.6 Å². The average molecular weight is 290 g/mol. The number of carbonyl (C=O) groups excluding carboxylic acids is 1. The molecule has 0 aromatic heterocycles. The third-order valence-electron chi connectivity index (χ3n) is 3.00. The van der Waals surface area contributed by atoms with Crippen LogP contribution in [0.3, 0.4) is 0 Å². The van der Waals surface area contributed by atoms with E-state index in [2.05, 4.69) is 10.6 Å². The van der Waals surface area contributed by atoms with Crippen LogP contribution in [0.5, 0.6) is 0 Å². The van der Waals surface area contributed by atoms with Crippen LogP contribution >= 0.6 is 0 Å². The van der Waals surface area contributed by atoms with E-state index in [1.54, 1.807) is 14.0 Å². The van der Waals surface area contributed by atoms with E-state index >= 15 is 0 Å². The van der Waals surface area contributed by atoms with Crippen LogP contribution in [-0.2, 0) is 14.3 Å². The summed E-state index contributed by atoms with van der Waals surface area (Å²) in [6, 6.07) is -0.461. The Balaban J connectivity index is 3.66. The Morgan fingerprint density at radius 3 is 2.45 bits per heavy atom. The lowest BCUT2D eigenvalue weighted by atomic mass is 10.00. The molecule has 1 atom stereocenters. The number of unbranched alkanes of at least 4 members (excludes halogenated alkanes) is 1. The number of urea groups is 1. The molecule has 3 N–H and O–H groups in total. The van der Waals surface area contributed by atoms with Gasteiger partial charge in [0.05, 0.1) is 13.2 Å². The van der Waals surface area contributed by atoms with Crippen LogP contribution in [0.2, 0.25) is 0 Å². The fraction of sp³-hybridized carbons (Fsp3) is 0.846. The van der Waals surface area contributed by atoms with Crippen molar-refractivity contribution >= 4 is 12.0 Å². The van der Waals surface area contributed by atoms with Gasteiger partial charge in [-0.25, -0.2) is 9.59 Å². The number of amides is 2. The number of carboxylic acid groups (broad SMARTS) is 1. The molecule has 0 aliphatic rings. The lowest BCUT2D eigenvalue weighted by Crippen LogP contribution is -2.54. The molecule has 0 bridgehead atoms. The van der Waals surface area contributed by atoms with Gasteiger partial charge in [-0.2, -0.15) is 0 Å². The highest BCUT2D eigenvalue weighted by Gasteiger charge is 2.32. The number of nitrogens with one attached hydrogen (secondary N) is 2. The number of carboxylic acids is 1. The van der Waals surface area contributed by atoms with Gasteiger partial charge in [0.1, 0.15) is 5.54 Å². The van der Waals surface area contributed by atoms with Crippen molar-refractivity contribution in [2.45, 2.75) is 38.6 Å². The van der Waals surface area contributed by atoms with Crippen LogP contribution < -0.4 is 10.6 Å². The van der Waals surface area contributed by atoms with E-state index in [1.807, 2.05) is 0 Å². The number of aliphatic carboxylic acids is 1. The summed E-state index contributed by atoms with van der Waals surface area (Å²) in [4.78, 5) is 22.6. The monoisotopic (exact) mass is 290 g/mol. The number of ether oxygens (including phenoxy) is 2. The van der Waals surface area contributed by atoms with Crippen LogP contribution in [0, 0.1) is 0 Å². The molecule has 0 radical (unpaired) electrons. The first kappa shape index (κ1) is 18.7. The van der Waals surface area contributed by atoms with Crippen molar-refractivity contribution in [3.63, 3.8) is 0 Å². The van der Waals surface area contributed by atoms with E-state index in [9.17, 15) is 9.59 Å². The maximum atomic E-state index is 11.6.